The van der Waals surface area contributed by atoms with Crippen molar-refractivity contribution in [1.29, 1.82) is 0 Å². The highest BCUT2D eigenvalue weighted by molar-refractivity contribution is 5.84. The third-order valence-electron chi connectivity index (χ3n) is 4.90. The molecule has 0 radical (unpaired) electrons. The number of benzene rings is 1. The topological polar surface area (TPSA) is 84.3 Å². The number of aromatic nitrogens is 2. The van der Waals surface area contributed by atoms with Gasteiger partial charge in [-0.2, -0.15) is 0 Å². The highest BCUT2D eigenvalue weighted by Crippen LogP contribution is 2.47. The minimum absolute atomic E-state index is 0.0554. The van der Waals surface area contributed by atoms with E-state index in [1.165, 1.54) is 25.2 Å². The fraction of sp³-hybridized carbons (Fsp3) is 0.389. The van der Waals surface area contributed by atoms with Crippen molar-refractivity contribution in [2.75, 3.05) is 5.32 Å². The first-order chi connectivity index (χ1) is 11.7. The van der Waals surface area contributed by atoms with Crippen LogP contribution in [0.4, 0.5) is 5.82 Å². The highest BCUT2D eigenvalue weighted by Gasteiger charge is 2.43. The Bertz CT molecular complexity index is 754. The summed E-state index contributed by atoms with van der Waals surface area (Å²) in [6.07, 6.45) is 8.17. The number of para-hydroxylation sites is 1. The van der Waals surface area contributed by atoms with Crippen LogP contribution in [0.15, 0.2) is 36.7 Å². The lowest BCUT2D eigenvalue weighted by Crippen LogP contribution is -2.40. The summed E-state index contributed by atoms with van der Waals surface area (Å²) < 4.78 is 6.35. The number of ether oxygens (including phenoxy) is 1. The Morgan fingerprint density at radius 1 is 1.21 bits per heavy atom. The molecule has 1 atom stereocenters. The summed E-state index contributed by atoms with van der Waals surface area (Å²) in [5.41, 5.74) is 0.958. The molecule has 1 fully saturated rings. The fourth-order valence-electron chi connectivity index (χ4n) is 3.76. The average Bonchev–Trinajstić information content (AvgIpc) is 3.03. The minimum atomic E-state index is -1.07. The number of hydrogen-bond acceptors (Lipinski definition) is 5. The van der Waals surface area contributed by atoms with Crippen molar-refractivity contribution < 1.29 is 14.6 Å². The quantitative estimate of drug-likeness (QED) is 0.899. The van der Waals surface area contributed by atoms with E-state index in [1.54, 1.807) is 0 Å². The van der Waals surface area contributed by atoms with Gasteiger partial charge in [0.25, 0.3) is 0 Å². The first-order valence-electron chi connectivity index (χ1n) is 8.25. The molecule has 1 aliphatic heterocycles. The van der Waals surface area contributed by atoms with Gasteiger partial charge in [-0.15, -0.1) is 0 Å². The number of nitrogens with zero attached hydrogens (tertiary/aromatic N) is 2. The van der Waals surface area contributed by atoms with E-state index in [-0.39, 0.29) is 17.3 Å². The first kappa shape index (κ1) is 14.9. The number of carboxylic acid groups (broad SMARTS) is 1. The van der Waals surface area contributed by atoms with Gasteiger partial charge < -0.3 is 15.2 Å². The van der Waals surface area contributed by atoms with Gasteiger partial charge in [0.1, 0.15) is 17.2 Å². The molecule has 124 valence electrons. The SMILES string of the molecule is O=C(O)c1cnc(NC2CC3(CCCC3)Oc3ccccc32)cn1. The summed E-state index contributed by atoms with van der Waals surface area (Å²) in [5.74, 6) is 0.434. The van der Waals surface area contributed by atoms with E-state index in [2.05, 4.69) is 21.4 Å². The molecule has 1 aromatic heterocycles. The lowest BCUT2D eigenvalue weighted by molar-refractivity contribution is 0.0453. The average molecular weight is 325 g/mol. The van der Waals surface area contributed by atoms with Crippen molar-refractivity contribution in [3.8, 4) is 5.75 Å². The summed E-state index contributed by atoms with van der Waals surface area (Å²) in [6, 6.07) is 8.16. The van der Waals surface area contributed by atoms with Gasteiger partial charge in [-0.05, 0) is 31.7 Å². The lowest BCUT2D eigenvalue weighted by Gasteiger charge is -2.40. The van der Waals surface area contributed by atoms with Crippen LogP contribution in [0, 0.1) is 0 Å². The zero-order valence-electron chi connectivity index (χ0n) is 13.2. The molecule has 2 N–H and O–H groups in total. The maximum Gasteiger partial charge on any atom is 0.356 e. The Balaban J connectivity index is 1.62. The van der Waals surface area contributed by atoms with Gasteiger partial charge in [0.05, 0.1) is 18.4 Å². The molecule has 6 nitrogen and oxygen atoms in total. The van der Waals surface area contributed by atoms with E-state index in [9.17, 15) is 4.79 Å². The molecule has 1 spiro atoms. The second kappa shape index (κ2) is 5.78. The van der Waals surface area contributed by atoms with Crippen molar-refractivity contribution in [2.24, 2.45) is 0 Å². The maximum atomic E-state index is 10.9. The number of carbonyl (C=O) groups is 1. The summed E-state index contributed by atoms with van der Waals surface area (Å²) in [4.78, 5) is 19.0. The van der Waals surface area contributed by atoms with Crippen LogP contribution >= 0.6 is 0 Å². The van der Waals surface area contributed by atoms with Crippen LogP contribution in [0.2, 0.25) is 0 Å². The Labute approximate surface area is 139 Å². The number of aromatic carboxylic acids is 1. The zero-order chi connectivity index (χ0) is 16.6. The van der Waals surface area contributed by atoms with Crippen molar-refractivity contribution in [1.82, 2.24) is 9.97 Å². The van der Waals surface area contributed by atoms with E-state index in [0.29, 0.717) is 5.82 Å². The molecule has 4 rings (SSSR count). The smallest absolute Gasteiger partial charge is 0.356 e. The predicted molar refractivity (Wildman–Crippen MR) is 88.2 cm³/mol. The van der Waals surface area contributed by atoms with E-state index >= 15 is 0 Å². The van der Waals surface area contributed by atoms with Gasteiger partial charge in [-0.1, -0.05) is 18.2 Å². The van der Waals surface area contributed by atoms with Crippen molar-refractivity contribution in [2.45, 2.75) is 43.7 Å². The monoisotopic (exact) mass is 325 g/mol. The summed E-state index contributed by atoms with van der Waals surface area (Å²) in [6.45, 7) is 0. The molecule has 2 aliphatic rings. The second-order valence-corrected chi connectivity index (χ2v) is 6.52. The van der Waals surface area contributed by atoms with Gasteiger partial charge in [-0.3, -0.25) is 0 Å². The van der Waals surface area contributed by atoms with Gasteiger partial charge in [0.15, 0.2) is 5.69 Å². The van der Waals surface area contributed by atoms with Crippen LogP contribution in [0.1, 0.15) is 54.2 Å². The second-order valence-electron chi connectivity index (χ2n) is 6.52. The molecule has 0 bridgehead atoms. The number of carboxylic acids is 1. The van der Waals surface area contributed by atoms with Crippen LogP contribution in [-0.2, 0) is 0 Å². The normalized spacial score (nSPS) is 21.1. The minimum Gasteiger partial charge on any atom is -0.487 e. The van der Waals surface area contributed by atoms with Crippen LogP contribution in [-0.4, -0.2) is 26.6 Å². The molecule has 1 unspecified atom stereocenters. The third-order valence-corrected chi connectivity index (χ3v) is 4.90. The molecule has 1 aliphatic carbocycles. The van der Waals surface area contributed by atoms with E-state index in [1.807, 2.05) is 18.2 Å². The van der Waals surface area contributed by atoms with Crippen molar-refractivity contribution in [3.05, 3.63) is 47.9 Å². The Morgan fingerprint density at radius 2 is 2.00 bits per heavy atom. The zero-order valence-corrected chi connectivity index (χ0v) is 13.2. The van der Waals surface area contributed by atoms with Gasteiger partial charge in [0.2, 0.25) is 0 Å². The van der Waals surface area contributed by atoms with Crippen LogP contribution in [0.3, 0.4) is 0 Å². The molecule has 1 saturated carbocycles. The van der Waals surface area contributed by atoms with E-state index in [4.69, 9.17) is 9.84 Å². The third kappa shape index (κ3) is 2.68. The Kier molecular flexibility index (Phi) is 3.59. The standard InChI is InChI=1S/C18H19N3O3/c22-17(23)14-10-20-16(11-19-14)21-13-9-18(7-3-4-8-18)24-15-6-2-1-5-12(13)15/h1-2,5-6,10-11,13H,3-4,7-9H2,(H,20,21)(H,22,23). The predicted octanol–water partition coefficient (Wildman–Crippen LogP) is 3.42. The number of hydrogen-bond donors (Lipinski definition) is 2. The Morgan fingerprint density at radius 3 is 2.71 bits per heavy atom. The molecule has 0 saturated heterocycles. The van der Waals surface area contributed by atoms with Gasteiger partial charge in [0, 0.05) is 12.0 Å². The number of nitrogens with one attached hydrogen (secondary N) is 1. The van der Waals surface area contributed by atoms with E-state index < -0.39 is 5.97 Å². The highest BCUT2D eigenvalue weighted by atomic mass is 16.5. The molecule has 24 heavy (non-hydrogen) atoms. The number of anilines is 1. The molecular formula is C18H19N3O3. The summed E-state index contributed by atoms with van der Waals surface area (Å²) in [7, 11) is 0. The largest absolute Gasteiger partial charge is 0.487 e. The summed E-state index contributed by atoms with van der Waals surface area (Å²) in [5, 5.41) is 12.3. The van der Waals surface area contributed by atoms with Crippen LogP contribution < -0.4 is 10.1 Å². The molecule has 0 amide bonds. The molecule has 1 aromatic carbocycles. The molecule has 2 heterocycles. The number of fused-ring (bicyclic) bond motifs is 1. The molecule has 2 aromatic rings. The molecule has 6 heteroatoms. The lowest BCUT2D eigenvalue weighted by atomic mass is 9.86. The van der Waals surface area contributed by atoms with Gasteiger partial charge >= 0.3 is 5.97 Å². The van der Waals surface area contributed by atoms with Gasteiger partial charge in [-0.25, -0.2) is 14.8 Å². The molecular weight excluding hydrogens is 306 g/mol. The maximum absolute atomic E-state index is 10.9. The van der Waals surface area contributed by atoms with E-state index in [0.717, 1.165) is 30.6 Å². The van der Waals surface area contributed by atoms with Crippen molar-refractivity contribution in [3.63, 3.8) is 0 Å². The Hall–Kier alpha value is -2.63. The van der Waals surface area contributed by atoms with Crippen LogP contribution in [0.5, 0.6) is 5.75 Å². The fourth-order valence-corrected chi connectivity index (χ4v) is 3.76. The van der Waals surface area contributed by atoms with Crippen LogP contribution in [0.25, 0.3) is 0 Å². The first-order valence-corrected chi connectivity index (χ1v) is 8.25. The number of rotatable bonds is 3. The summed E-state index contributed by atoms with van der Waals surface area (Å²) >= 11 is 0. The van der Waals surface area contributed by atoms with Crippen molar-refractivity contribution >= 4 is 11.8 Å².